The predicted molar refractivity (Wildman–Crippen MR) is 107 cm³/mol. The standard InChI is InChI=1S/C22H22N4O/c1-22(2)14-11-15(22)21(27)17-19(14)26-18(12-8-9-24-16(23)10-12)20(17)25-13-6-4-3-5-7-13/h3-10,14-15,25-26H,11H2,1-2H3,(H2,23,24)/t14-,15+/m0/s1. The number of nitrogens with one attached hydrogen (secondary N) is 2. The summed E-state index contributed by atoms with van der Waals surface area (Å²) in [5.41, 5.74) is 11.4. The fraction of sp³-hybridized carbons (Fsp3) is 0.273. The summed E-state index contributed by atoms with van der Waals surface area (Å²) in [4.78, 5) is 21.0. The van der Waals surface area contributed by atoms with Crippen molar-refractivity contribution in [3.63, 3.8) is 0 Å². The number of benzene rings is 1. The maximum Gasteiger partial charge on any atom is 0.170 e. The molecule has 0 saturated heterocycles. The molecule has 5 heteroatoms. The van der Waals surface area contributed by atoms with Gasteiger partial charge < -0.3 is 16.0 Å². The van der Waals surface area contributed by atoms with E-state index in [9.17, 15) is 4.79 Å². The Balaban J connectivity index is 1.72. The molecule has 1 saturated carbocycles. The zero-order chi connectivity index (χ0) is 18.8. The van der Waals surface area contributed by atoms with Gasteiger partial charge in [0.2, 0.25) is 0 Å². The summed E-state index contributed by atoms with van der Waals surface area (Å²) in [6.07, 6.45) is 2.63. The topological polar surface area (TPSA) is 83.8 Å². The summed E-state index contributed by atoms with van der Waals surface area (Å²) in [5.74, 6) is 1.17. The zero-order valence-corrected chi connectivity index (χ0v) is 15.4. The fourth-order valence-electron chi connectivity index (χ4n) is 4.68. The lowest BCUT2D eigenvalue weighted by atomic mass is 9.48. The predicted octanol–water partition coefficient (Wildman–Crippen LogP) is 4.73. The zero-order valence-electron chi connectivity index (χ0n) is 15.4. The second-order valence-corrected chi connectivity index (χ2v) is 8.15. The highest BCUT2D eigenvalue weighted by Crippen LogP contribution is 2.63. The second-order valence-electron chi connectivity index (χ2n) is 8.15. The molecule has 0 amide bonds. The number of anilines is 3. The molecule has 27 heavy (non-hydrogen) atoms. The average Bonchev–Trinajstić information content (AvgIpc) is 3.02. The molecule has 136 valence electrons. The third-order valence-electron chi connectivity index (χ3n) is 6.32. The van der Waals surface area contributed by atoms with E-state index in [4.69, 9.17) is 5.73 Å². The van der Waals surface area contributed by atoms with E-state index in [2.05, 4.69) is 29.1 Å². The van der Waals surface area contributed by atoms with Gasteiger partial charge in [0.15, 0.2) is 5.78 Å². The van der Waals surface area contributed by atoms with E-state index in [1.165, 1.54) is 0 Å². The van der Waals surface area contributed by atoms with E-state index in [1.807, 2.05) is 42.5 Å². The molecule has 6 rings (SSSR count). The number of nitrogens with zero attached hydrogens (tertiary/aromatic N) is 1. The van der Waals surface area contributed by atoms with Gasteiger partial charge in [0.05, 0.1) is 16.9 Å². The smallest absolute Gasteiger partial charge is 0.170 e. The molecule has 0 spiro atoms. The number of carbonyl (C=O) groups excluding carboxylic acids is 1. The van der Waals surface area contributed by atoms with Gasteiger partial charge in [-0.15, -0.1) is 0 Å². The highest BCUT2D eigenvalue weighted by Gasteiger charge is 2.58. The number of ketones is 1. The quantitative estimate of drug-likeness (QED) is 0.632. The van der Waals surface area contributed by atoms with E-state index < -0.39 is 0 Å². The van der Waals surface area contributed by atoms with Crippen LogP contribution in [-0.2, 0) is 0 Å². The minimum absolute atomic E-state index is 0.00744. The van der Waals surface area contributed by atoms with Crippen LogP contribution in [0.5, 0.6) is 0 Å². The number of para-hydroxylation sites is 1. The maximum atomic E-state index is 13.3. The molecule has 0 unspecified atom stereocenters. The lowest BCUT2D eigenvalue weighted by Crippen LogP contribution is -2.51. The summed E-state index contributed by atoms with van der Waals surface area (Å²) < 4.78 is 0. The van der Waals surface area contributed by atoms with Crippen LogP contribution in [0.25, 0.3) is 11.3 Å². The Morgan fingerprint density at radius 2 is 1.96 bits per heavy atom. The number of carbonyl (C=O) groups is 1. The summed E-state index contributed by atoms with van der Waals surface area (Å²) in [6.45, 7) is 4.39. The van der Waals surface area contributed by atoms with E-state index in [1.54, 1.807) is 6.20 Å². The number of Topliss-reactive ketones (excluding diaryl/α,β-unsaturated/α-hetero) is 1. The van der Waals surface area contributed by atoms with Crippen LogP contribution in [0.2, 0.25) is 0 Å². The first kappa shape index (κ1) is 16.1. The third kappa shape index (κ3) is 2.24. The Morgan fingerprint density at radius 1 is 1.19 bits per heavy atom. The van der Waals surface area contributed by atoms with Crippen molar-refractivity contribution < 1.29 is 4.79 Å². The molecule has 2 bridgehead atoms. The largest absolute Gasteiger partial charge is 0.384 e. The minimum Gasteiger partial charge on any atom is -0.384 e. The molecule has 3 aliphatic rings. The Kier molecular flexibility index (Phi) is 3.26. The van der Waals surface area contributed by atoms with Gasteiger partial charge in [-0.2, -0.15) is 0 Å². The Hall–Kier alpha value is -3.08. The highest BCUT2D eigenvalue weighted by atomic mass is 16.1. The van der Waals surface area contributed by atoms with Crippen LogP contribution in [0.3, 0.4) is 0 Å². The van der Waals surface area contributed by atoms with Crippen molar-refractivity contribution in [2.75, 3.05) is 11.1 Å². The summed E-state index contributed by atoms with van der Waals surface area (Å²) in [7, 11) is 0. The van der Waals surface area contributed by atoms with Crippen molar-refractivity contribution in [2.24, 2.45) is 11.3 Å². The number of hydrogen-bond donors (Lipinski definition) is 3. The first-order valence-electron chi connectivity index (χ1n) is 9.31. The summed E-state index contributed by atoms with van der Waals surface area (Å²) in [5, 5.41) is 3.48. The van der Waals surface area contributed by atoms with Gasteiger partial charge in [-0.3, -0.25) is 4.79 Å². The van der Waals surface area contributed by atoms with Crippen molar-refractivity contribution in [3.05, 3.63) is 59.9 Å². The molecule has 1 fully saturated rings. The molecule has 3 aromatic rings. The summed E-state index contributed by atoms with van der Waals surface area (Å²) in [6, 6.07) is 13.7. The molecule has 2 atom stereocenters. The van der Waals surface area contributed by atoms with Crippen molar-refractivity contribution in [3.8, 4) is 11.3 Å². The molecule has 0 radical (unpaired) electrons. The van der Waals surface area contributed by atoms with Crippen LogP contribution in [0.4, 0.5) is 17.2 Å². The second kappa shape index (κ2) is 5.46. The van der Waals surface area contributed by atoms with Gasteiger partial charge in [-0.05, 0) is 36.1 Å². The SMILES string of the molecule is CC1(C)[C@@H]2C[C@H]1c1[nH]c(-c3ccnc(N)c3)c(Nc3ccccc3)c1C2=O. The number of nitrogens with two attached hydrogens (primary N) is 1. The first-order chi connectivity index (χ1) is 13.0. The van der Waals surface area contributed by atoms with Gasteiger partial charge in [0.1, 0.15) is 5.82 Å². The van der Waals surface area contributed by atoms with Crippen LogP contribution < -0.4 is 11.1 Å². The van der Waals surface area contributed by atoms with Crippen LogP contribution in [0.15, 0.2) is 48.7 Å². The lowest BCUT2D eigenvalue weighted by molar-refractivity contribution is 0.0196. The third-order valence-corrected chi connectivity index (χ3v) is 6.32. The van der Waals surface area contributed by atoms with Gasteiger partial charge in [-0.25, -0.2) is 4.98 Å². The number of rotatable bonds is 3. The van der Waals surface area contributed by atoms with E-state index >= 15 is 0 Å². The molecule has 2 heterocycles. The van der Waals surface area contributed by atoms with Crippen LogP contribution in [-0.4, -0.2) is 15.8 Å². The van der Waals surface area contributed by atoms with E-state index in [-0.39, 0.29) is 17.1 Å². The van der Waals surface area contributed by atoms with Crippen LogP contribution >= 0.6 is 0 Å². The first-order valence-corrected chi connectivity index (χ1v) is 9.31. The van der Waals surface area contributed by atoms with Gasteiger partial charge in [0.25, 0.3) is 0 Å². The highest BCUT2D eigenvalue weighted by molar-refractivity contribution is 6.10. The van der Waals surface area contributed by atoms with Crippen LogP contribution in [0.1, 0.15) is 42.2 Å². The molecule has 2 aromatic heterocycles. The number of pyridine rings is 1. The Bertz CT molecular complexity index is 1050. The number of aromatic amines is 1. The van der Waals surface area contributed by atoms with Gasteiger partial charge in [-0.1, -0.05) is 32.0 Å². The van der Waals surface area contributed by atoms with Gasteiger partial charge >= 0.3 is 0 Å². The molecule has 1 aromatic carbocycles. The van der Waals surface area contributed by atoms with E-state index in [0.717, 1.165) is 40.3 Å². The number of nitrogen functional groups attached to an aromatic ring is 1. The maximum absolute atomic E-state index is 13.3. The van der Waals surface area contributed by atoms with Crippen LogP contribution in [0, 0.1) is 11.3 Å². The molecular formula is C22H22N4O. The fourth-order valence-corrected chi connectivity index (χ4v) is 4.68. The molecular weight excluding hydrogens is 336 g/mol. The Labute approximate surface area is 158 Å². The van der Waals surface area contributed by atoms with Crippen molar-refractivity contribution >= 4 is 23.0 Å². The normalized spacial score (nSPS) is 22.1. The minimum atomic E-state index is 0.00744. The molecule has 0 aliphatic heterocycles. The molecule has 3 aliphatic carbocycles. The monoisotopic (exact) mass is 358 g/mol. The average molecular weight is 358 g/mol. The van der Waals surface area contributed by atoms with E-state index in [0.29, 0.717) is 11.7 Å². The molecule has 4 N–H and O–H groups in total. The van der Waals surface area contributed by atoms with Crippen molar-refractivity contribution in [1.29, 1.82) is 0 Å². The van der Waals surface area contributed by atoms with Crippen molar-refractivity contribution in [2.45, 2.75) is 26.2 Å². The number of hydrogen-bond acceptors (Lipinski definition) is 4. The number of H-pyrrole nitrogens is 1. The molecule has 5 nitrogen and oxygen atoms in total. The Morgan fingerprint density at radius 3 is 2.67 bits per heavy atom. The van der Waals surface area contributed by atoms with Gasteiger partial charge in [0, 0.05) is 35.0 Å². The summed E-state index contributed by atoms with van der Waals surface area (Å²) >= 11 is 0. The number of aromatic nitrogens is 2. The lowest BCUT2D eigenvalue weighted by Gasteiger charge is -2.54. The van der Waals surface area contributed by atoms with Crippen molar-refractivity contribution in [1.82, 2.24) is 9.97 Å².